The van der Waals surface area contributed by atoms with Crippen molar-refractivity contribution < 1.29 is 14.6 Å². The van der Waals surface area contributed by atoms with E-state index in [1.54, 1.807) is 0 Å². The zero-order valence-corrected chi connectivity index (χ0v) is 15.6. The van der Waals surface area contributed by atoms with Gasteiger partial charge < -0.3 is 9.84 Å². The Balaban J connectivity index is 1.89. The van der Waals surface area contributed by atoms with E-state index in [0.29, 0.717) is 6.61 Å². The van der Waals surface area contributed by atoms with E-state index >= 15 is 0 Å². The molecule has 5 nitrogen and oxygen atoms in total. The molecule has 0 aliphatic carbocycles. The van der Waals surface area contributed by atoms with Crippen LogP contribution in [0.4, 0.5) is 0 Å². The highest BCUT2D eigenvalue weighted by Crippen LogP contribution is 2.36. The Bertz CT molecular complexity index is 1100. The van der Waals surface area contributed by atoms with Crippen molar-refractivity contribution >= 4 is 22.3 Å². The molecule has 0 spiro atoms. The lowest BCUT2D eigenvalue weighted by molar-refractivity contribution is -0.136. The van der Waals surface area contributed by atoms with Gasteiger partial charge in [0.05, 0.1) is 24.4 Å². The lowest BCUT2D eigenvalue weighted by Gasteiger charge is -2.07. The number of aromatic nitrogens is 2. The van der Waals surface area contributed by atoms with Crippen LogP contribution >= 0.6 is 11.3 Å². The van der Waals surface area contributed by atoms with Gasteiger partial charge >= 0.3 is 5.97 Å². The minimum Gasteiger partial charge on any atom is -0.493 e. The van der Waals surface area contributed by atoms with Crippen molar-refractivity contribution in [2.24, 2.45) is 0 Å². The quantitative estimate of drug-likeness (QED) is 0.526. The smallest absolute Gasteiger partial charge is 0.308 e. The van der Waals surface area contributed by atoms with Gasteiger partial charge in [-0.3, -0.25) is 9.20 Å². The lowest BCUT2D eigenvalue weighted by atomic mass is 10.1. The molecule has 0 amide bonds. The van der Waals surface area contributed by atoms with E-state index in [1.807, 2.05) is 72.1 Å². The van der Waals surface area contributed by atoms with E-state index in [-0.39, 0.29) is 6.42 Å². The number of fused-ring (bicyclic) bond motifs is 1. The summed E-state index contributed by atoms with van der Waals surface area (Å²) in [5.41, 5.74) is 3.59. The number of imidazole rings is 1. The average Bonchev–Trinajstić information content (AvgIpc) is 3.20. The zero-order valence-electron chi connectivity index (χ0n) is 14.8. The third kappa shape index (κ3) is 3.31. The summed E-state index contributed by atoms with van der Waals surface area (Å²) in [6.07, 6.45) is 1.93. The molecule has 1 N–H and O–H groups in total. The fourth-order valence-corrected chi connectivity index (χ4v) is 4.25. The SMILES string of the molecule is CCOc1ccccc1-c1cn2c(-c3ccccc3)c(CC(=O)O)sc2n1. The minimum absolute atomic E-state index is 0.0247. The fraction of sp³-hybridized carbons (Fsp3) is 0.143. The Labute approximate surface area is 160 Å². The number of carboxylic acids is 1. The Hall–Kier alpha value is -3.12. The molecule has 2 aromatic heterocycles. The topological polar surface area (TPSA) is 63.8 Å². The first-order chi connectivity index (χ1) is 13.2. The van der Waals surface area contributed by atoms with Gasteiger partial charge in [0.15, 0.2) is 4.96 Å². The number of nitrogens with zero attached hydrogens (tertiary/aromatic N) is 2. The molecule has 0 atom stereocenters. The zero-order chi connectivity index (χ0) is 18.8. The highest BCUT2D eigenvalue weighted by atomic mass is 32.1. The third-order valence-electron chi connectivity index (χ3n) is 4.21. The van der Waals surface area contributed by atoms with Gasteiger partial charge in [-0.2, -0.15) is 0 Å². The van der Waals surface area contributed by atoms with Crippen molar-refractivity contribution in [2.45, 2.75) is 13.3 Å². The van der Waals surface area contributed by atoms with Crippen LogP contribution in [-0.4, -0.2) is 27.1 Å². The molecule has 136 valence electrons. The van der Waals surface area contributed by atoms with Crippen LogP contribution < -0.4 is 4.74 Å². The first kappa shape index (κ1) is 17.3. The van der Waals surface area contributed by atoms with Crippen LogP contribution in [0.5, 0.6) is 5.75 Å². The normalized spacial score (nSPS) is 11.0. The number of carboxylic acid groups (broad SMARTS) is 1. The summed E-state index contributed by atoms with van der Waals surface area (Å²) in [6, 6.07) is 17.6. The minimum atomic E-state index is -0.849. The second-order valence-corrected chi connectivity index (χ2v) is 7.08. The molecule has 0 aliphatic heterocycles. The summed E-state index contributed by atoms with van der Waals surface area (Å²) in [4.78, 5) is 17.6. The number of rotatable bonds is 6. The van der Waals surface area contributed by atoms with E-state index in [1.165, 1.54) is 11.3 Å². The summed E-state index contributed by atoms with van der Waals surface area (Å²) in [7, 11) is 0. The van der Waals surface area contributed by atoms with E-state index < -0.39 is 5.97 Å². The van der Waals surface area contributed by atoms with Crippen molar-refractivity contribution in [1.29, 1.82) is 0 Å². The Kier molecular flexibility index (Phi) is 4.64. The van der Waals surface area contributed by atoms with Crippen molar-refractivity contribution in [1.82, 2.24) is 9.38 Å². The highest BCUT2D eigenvalue weighted by Gasteiger charge is 2.19. The van der Waals surface area contributed by atoms with E-state index in [9.17, 15) is 9.90 Å². The second-order valence-electron chi connectivity index (χ2n) is 6.02. The molecule has 6 heteroatoms. The molecule has 4 aromatic rings. The first-order valence-corrected chi connectivity index (χ1v) is 9.49. The summed E-state index contributed by atoms with van der Waals surface area (Å²) in [5.74, 6) is -0.0589. The van der Waals surface area contributed by atoms with Crippen molar-refractivity contribution in [3.63, 3.8) is 0 Å². The monoisotopic (exact) mass is 378 g/mol. The maximum Gasteiger partial charge on any atom is 0.308 e. The number of carbonyl (C=O) groups is 1. The number of hydrogen-bond donors (Lipinski definition) is 1. The Morgan fingerprint density at radius 3 is 2.63 bits per heavy atom. The first-order valence-electron chi connectivity index (χ1n) is 8.67. The van der Waals surface area contributed by atoms with E-state index in [4.69, 9.17) is 9.72 Å². The number of benzene rings is 2. The van der Waals surface area contributed by atoms with Crippen LogP contribution in [0.3, 0.4) is 0 Å². The molecule has 2 aromatic carbocycles. The van der Waals surface area contributed by atoms with Gasteiger partial charge in [0.1, 0.15) is 5.75 Å². The molecule has 4 rings (SSSR count). The van der Waals surface area contributed by atoms with Crippen molar-refractivity contribution in [2.75, 3.05) is 6.61 Å². The summed E-state index contributed by atoms with van der Waals surface area (Å²) in [6.45, 7) is 2.53. The van der Waals surface area contributed by atoms with Gasteiger partial charge in [0, 0.05) is 16.6 Å². The standard InChI is InChI=1S/C21H18N2O3S/c1-2-26-17-11-7-6-10-15(17)16-13-23-20(14-8-4-3-5-9-14)18(12-19(24)25)27-21(23)22-16/h3-11,13H,2,12H2,1H3,(H,24,25). The molecule has 2 heterocycles. The average molecular weight is 378 g/mol. The highest BCUT2D eigenvalue weighted by molar-refractivity contribution is 7.17. The van der Waals surface area contributed by atoms with Crippen LogP contribution in [0, 0.1) is 0 Å². The predicted octanol–water partition coefficient (Wildman–Crippen LogP) is 4.76. The van der Waals surface area contributed by atoms with Gasteiger partial charge in [0.25, 0.3) is 0 Å². The number of ether oxygens (including phenoxy) is 1. The molecule has 0 bridgehead atoms. The molecule has 0 saturated carbocycles. The van der Waals surface area contributed by atoms with Gasteiger partial charge in [0.2, 0.25) is 0 Å². The molecule has 0 saturated heterocycles. The molecule has 27 heavy (non-hydrogen) atoms. The summed E-state index contributed by atoms with van der Waals surface area (Å²) < 4.78 is 7.71. The lowest BCUT2D eigenvalue weighted by Crippen LogP contribution is -2.00. The van der Waals surface area contributed by atoms with Gasteiger partial charge in [-0.05, 0) is 24.6 Å². The van der Waals surface area contributed by atoms with Crippen LogP contribution in [0.25, 0.3) is 27.5 Å². The number of aliphatic carboxylic acids is 1. The van der Waals surface area contributed by atoms with Crippen molar-refractivity contribution in [3.05, 3.63) is 65.7 Å². The molecule has 0 aliphatic rings. The molecule has 0 unspecified atom stereocenters. The number of thiazole rings is 1. The molecule has 0 radical (unpaired) electrons. The molecular formula is C21H18N2O3S. The van der Waals surface area contributed by atoms with Gasteiger partial charge in [-0.15, -0.1) is 11.3 Å². The fourth-order valence-electron chi connectivity index (χ4n) is 3.13. The van der Waals surface area contributed by atoms with Crippen LogP contribution in [0.2, 0.25) is 0 Å². The van der Waals surface area contributed by atoms with Crippen LogP contribution in [0.1, 0.15) is 11.8 Å². The van der Waals surface area contributed by atoms with Gasteiger partial charge in [-0.25, -0.2) is 4.98 Å². The van der Waals surface area contributed by atoms with Crippen LogP contribution in [0.15, 0.2) is 60.8 Å². The Morgan fingerprint density at radius 2 is 1.89 bits per heavy atom. The maximum atomic E-state index is 11.3. The molecular weight excluding hydrogens is 360 g/mol. The number of hydrogen-bond acceptors (Lipinski definition) is 4. The summed E-state index contributed by atoms with van der Waals surface area (Å²) >= 11 is 1.41. The number of para-hydroxylation sites is 1. The van der Waals surface area contributed by atoms with Gasteiger partial charge in [-0.1, -0.05) is 42.5 Å². The second kappa shape index (κ2) is 7.25. The van der Waals surface area contributed by atoms with Crippen molar-refractivity contribution in [3.8, 4) is 28.3 Å². The Morgan fingerprint density at radius 1 is 1.15 bits per heavy atom. The summed E-state index contributed by atoms with van der Waals surface area (Å²) in [5, 5.41) is 9.29. The third-order valence-corrected chi connectivity index (χ3v) is 5.27. The van der Waals surface area contributed by atoms with Crippen LogP contribution in [-0.2, 0) is 11.2 Å². The predicted molar refractivity (Wildman–Crippen MR) is 106 cm³/mol. The van der Waals surface area contributed by atoms with E-state index in [0.717, 1.165) is 38.1 Å². The largest absolute Gasteiger partial charge is 0.493 e. The molecule has 0 fully saturated rings. The maximum absolute atomic E-state index is 11.3. The van der Waals surface area contributed by atoms with E-state index in [2.05, 4.69) is 0 Å².